The van der Waals surface area contributed by atoms with Crippen molar-refractivity contribution in [3.05, 3.63) is 78.6 Å². The van der Waals surface area contributed by atoms with Crippen molar-refractivity contribution in [1.29, 1.82) is 0 Å². The van der Waals surface area contributed by atoms with E-state index in [1.807, 2.05) is 42.7 Å². The van der Waals surface area contributed by atoms with E-state index in [1.165, 1.54) is 5.56 Å². The molecule has 0 aliphatic rings. The van der Waals surface area contributed by atoms with Crippen LogP contribution in [0.5, 0.6) is 0 Å². The standard InChI is InChI=1S/C19H15N3/c1-14-6-8-15(9-7-14)19-21-17-4-2-3-5-18(17)22(19)16-10-12-20-13-11-16/h2-13H,1H3. The van der Waals surface area contributed by atoms with Gasteiger partial charge in [0.1, 0.15) is 5.82 Å². The van der Waals surface area contributed by atoms with E-state index in [0.29, 0.717) is 0 Å². The molecule has 0 bridgehead atoms. The first-order valence-corrected chi connectivity index (χ1v) is 7.28. The number of pyridine rings is 1. The Kier molecular flexibility index (Phi) is 2.97. The van der Waals surface area contributed by atoms with Crippen LogP contribution in [0.2, 0.25) is 0 Å². The van der Waals surface area contributed by atoms with E-state index < -0.39 is 0 Å². The van der Waals surface area contributed by atoms with Gasteiger partial charge in [-0.25, -0.2) is 4.98 Å². The molecule has 0 radical (unpaired) electrons. The molecule has 22 heavy (non-hydrogen) atoms. The van der Waals surface area contributed by atoms with Crippen LogP contribution in [0.3, 0.4) is 0 Å². The summed E-state index contributed by atoms with van der Waals surface area (Å²) in [7, 11) is 0. The summed E-state index contributed by atoms with van der Waals surface area (Å²) in [6.45, 7) is 2.09. The molecule has 106 valence electrons. The topological polar surface area (TPSA) is 30.7 Å². The third kappa shape index (κ3) is 2.07. The van der Waals surface area contributed by atoms with Crippen molar-refractivity contribution >= 4 is 11.0 Å². The van der Waals surface area contributed by atoms with E-state index in [-0.39, 0.29) is 0 Å². The monoisotopic (exact) mass is 285 g/mol. The number of aromatic nitrogens is 3. The van der Waals surface area contributed by atoms with Gasteiger partial charge in [-0.3, -0.25) is 9.55 Å². The number of hydrogen-bond acceptors (Lipinski definition) is 2. The van der Waals surface area contributed by atoms with Crippen LogP contribution in [0, 0.1) is 6.92 Å². The van der Waals surface area contributed by atoms with Gasteiger partial charge in [-0.05, 0) is 31.2 Å². The summed E-state index contributed by atoms with van der Waals surface area (Å²) in [5, 5.41) is 0. The van der Waals surface area contributed by atoms with Crippen LogP contribution in [0.1, 0.15) is 5.56 Å². The number of para-hydroxylation sites is 2. The van der Waals surface area contributed by atoms with E-state index in [2.05, 4.69) is 46.8 Å². The van der Waals surface area contributed by atoms with Crippen molar-refractivity contribution < 1.29 is 0 Å². The molecule has 0 saturated heterocycles. The number of hydrogen-bond donors (Lipinski definition) is 0. The maximum atomic E-state index is 4.83. The van der Waals surface area contributed by atoms with E-state index in [0.717, 1.165) is 28.1 Å². The minimum atomic E-state index is 0.951. The smallest absolute Gasteiger partial charge is 0.145 e. The molecule has 0 saturated carbocycles. The largest absolute Gasteiger partial charge is 0.292 e. The molecular weight excluding hydrogens is 270 g/mol. The second kappa shape index (κ2) is 5.11. The predicted octanol–water partition coefficient (Wildman–Crippen LogP) is 4.40. The van der Waals surface area contributed by atoms with E-state index >= 15 is 0 Å². The van der Waals surface area contributed by atoms with Gasteiger partial charge in [-0.15, -0.1) is 0 Å². The van der Waals surface area contributed by atoms with Gasteiger partial charge in [0.05, 0.1) is 16.7 Å². The Hall–Kier alpha value is -2.94. The Morgan fingerprint density at radius 2 is 1.55 bits per heavy atom. The van der Waals surface area contributed by atoms with E-state index in [4.69, 9.17) is 4.98 Å². The van der Waals surface area contributed by atoms with Crippen LogP contribution in [-0.2, 0) is 0 Å². The second-order valence-electron chi connectivity index (χ2n) is 5.33. The lowest BCUT2D eigenvalue weighted by molar-refractivity contribution is 1.09. The van der Waals surface area contributed by atoms with Gasteiger partial charge < -0.3 is 0 Å². The average molecular weight is 285 g/mol. The van der Waals surface area contributed by atoms with Gasteiger partial charge in [0.25, 0.3) is 0 Å². The second-order valence-corrected chi connectivity index (χ2v) is 5.33. The molecule has 2 aromatic carbocycles. The molecule has 2 aromatic heterocycles. The van der Waals surface area contributed by atoms with Crippen molar-refractivity contribution in [2.24, 2.45) is 0 Å². The summed E-state index contributed by atoms with van der Waals surface area (Å²) in [4.78, 5) is 8.95. The van der Waals surface area contributed by atoms with Crippen LogP contribution >= 0.6 is 0 Å². The molecule has 2 heterocycles. The van der Waals surface area contributed by atoms with Gasteiger partial charge in [-0.2, -0.15) is 0 Å². The fraction of sp³-hybridized carbons (Fsp3) is 0.0526. The van der Waals surface area contributed by atoms with Gasteiger partial charge >= 0.3 is 0 Å². The summed E-state index contributed by atoms with van der Waals surface area (Å²) in [5.41, 5.74) is 5.52. The number of imidazole rings is 1. The Labute approximate surface area is 128 Å². The van der Waals surface area contributed by atoms with Crippen LogP contribution in [0.15, 0.2) is 73.1 Å². The zero-order chi connectivity index (χ0) is 14.9. The molecule has 0 unspecified atom stereocenters. The number of rotatable bonds is 2. The quantitative estimate of drug-likeness (QED) is 0.546. The van der Waals surface area contributed by atoms with Crippen molar-refractivity contribution in [2.75, 3.05) is 0 Å². The minimum absolute atomic E-state index is 0.951. The Morgan fingerprint density at radius 3 is 2.32 bits per heavy atom. The molecule has 4 aromatic rings. The lowest BCUT2D eigenvalue weighted by Gasteiger charge is -2.09. The predicted molar refractivity (Wildman–Crippen MR) is 89.0 cm³/mol. The molecule has 0 spiro atoms. The average Bonchev–Trinajstić information content (AvgIpc) is 2.96. The maximum Gasteiger partial charge on any atom is 0.145 e. The summed E-state index contributed by atoms with van der Waals surface area (Å²) in [6.07, 6.45) is 3.62. The number of aryl methyl sites for hydroxylation is 1. The van der Waals surface area contributed by atoms with Crippen molar-refractivity contribution in [3.8, 4) is 17.1 Å². The summed E-state index contributed by atoms with van der Waals surface area (Å²) >= 11 is 0. The highest BCUT2D eigenvalue weighted by atomic mass is 15.1. The molecule has 0 atom stereocenters. The molecular formula is C19H15N3. The third-order valence-corrected chi connectivity index (χ3v) is 3.79. The maximum absolute atomic E-state index is 4.83. The SMILES string of the molecule is Cc1ccc(-c2nc3ccccc3n2-c2ccncc2)cc1. The Morgan fingerprint density at radius 1 is 0.818 bits per heavy atom. The van der Waals surface area contributed by atoms with E-state index in [1.54, 1.807) is 0 Å². The van der Waals surface area contributed by atoms with Crippen molar-refractivity contribution in [1.82, 2.24) is 14.5 Å². The number of fused-ring (bicyclic) bond motifs is 1. The first kappa shape index (κ1) is 12.8. The zero-order valence-electron chi connectivity index (χ0n) is 12.3. The molecule has 0 fully saturated rings. The molecule has 4 rings (SSSR count). The van der Waals surface area contributed by atoms with Crippen LogP contribution in [0.4, 0.5) is 0 Å². The van der Waals surface area contributed by atoms with Gasteiger partial charge in [0.2, 0.25) is 0 Å². The minimum Gasteiger partial charge on any atom is -0.292 e. The number of benzene rings is 2. The lowest BCUT2D eigenvalue weighted by atomic mass is 10.1. The summed E-state index contributed by atoms with van der Waals surface area (Å²) in [6, 6.07) is 20.7. The molecule has 0 amide bonds. The van der Waals surface area contributed by atoms with Crippen molar-refractivity contribution in [3.63, 3.8) is 0 Å². The Balaban J connectivity index is 2.04. The van der Waals surface area contributed by atoms with Gasteiger partial charge in [0.15, 0.2) is 0 Å². The first-order valence-electron chi connectivity index (χ1n) is 7.28. The van der Waals surface area contributed by atoms with Gasteiger partial charge in [-0.1, -0.05) is 42.0 Å². The molecule has 0 aliphatic carbocycles. The normalized spacial score (nSPS) is 11.0. The van der Waals surface area contributed by atoms with Gasteiger partial charge in [0, 0.05) is 18.0 Å². The number of nitrogens with zero attached hydrogens (tertiary/aromatic N) is 3. The van der Waals surface area contributed by atoms with Crippen LogP contribution in [-0.4, -0.2) is 14.5 Å². The fourth-order valence-corrected chi connectivity index (χ4v) is 2.68. The molecule has 3 nitrogen and oxygen atoms in total. The Bertz CT molecular complexity index is 922. The summed E-state index contributed by atoms with van der Waals surface area (Å²) < 4.78 is 2.18. The zero-order valence-corrected chi connectivity index (χ0v) is 12.3. The highest BCUT2D eigenvalue weighted by Gasteiger charge is 2.13. The molecule has 0 aliphatic heterocycles. The first-order chi connectivity index (χ1) is 10.8. The summed E-state index contributed by atoms with van der Waals surface area (Å²) in [5.74, 6) is 0.951. The molecule has 0 N–H and O–H groups in total. The van der Waals surface area contributed by atoms with Crippen LogP contribution in [0.25, 0.3) is 28.1 Å². The van der Waals surface area contributed by atoms with Crippen molar-refractivity contribution in [2.45, 2.75) is 6.92 Å². The highest BCUT2D eigenvalue weighted by molar-refractivity contribution is 5.83. The highest BCUT2D eigenvalue weighted by Crippen LogP contribution is 2.28. The lowest BCUT2D eigenvalue weighted by Crippen LogP contribution is -1.97. The van der Waals surface area contributed by atoms with E-state index in [9.17, 15) is 0 Å². The molecule has 3 heteroatoms. The van der Waals surface area contributed by atoms with Crippen LogP contribution < -0.4 is 0 Å². The third-order valence-electron chi connectivity index (χ3n) is 3.79. The fourth-order valence-electron chi connectivity index (χ4n) is 2.68.